The highest BCUT2D eigenvalue weighted by Gasteiger charge is 2.15. The second-order valence-electron chi connectivity index (χ2n) is 6.88. The van der Waals surface area contributed by atoms with Crippen molar-refractivity contribution in [3.8, 4) is 11.8 Å². The fourth-order valence-electron chi connectivity index (χ4n) is 3.01. The Labute approximate surface area is 176 Å². The lowest BCUT2D eigenvalue weighted by atomic mass is 10.1. The summed E-state index contributed by atoms with van der Waals surface area (Å²) in [5.74, 6) is 6.26. The van der Waals surface area contributed by atoms with E-state index >= 15 is 0 Å². The maximum atomic E-state index is 13.0. The number of hydrogen-bond acceptors (Lipinski definition) is 7. The quantitative estimate of drug-likeness (QED) is 0.440. The SMILES string of the molecule is Cc1cccc2c(=O)[nH]c(C(C)Nc3ncnc(N)c3C#Cc3ccc(F)cn3)nc12. The average Bonchev–Trinajstić information content (AvgIpc) is 2.75. The van der Waals surface area contributed by atoms with Gasteiger partial charge in [-0.25, -0.2) is 24.3 Å². The lowest BCUT2D eigenvalue weighted by molar-refractivity contribution is 0.621. The smallest absolute Gasteiger partial charge is 0.258 e. The topological polar surface area (TPSA) is 122 Å². The summed E-state index contributed by atoms with van der Waals surface area (Å²) >= 11 is 0. The van der Waals surface area contributed by atoms with Gasteiger partial charge in [-0.05, 0) is 43.5 Å². The van der Waals surface area contributed by atoms with Crippen LogP contribution in [-0.4, -0.2) is 24.9 Å². The van der Waals surface area contributed by atoms with E-state index in [1.807, 2.05) is 26.0 Å². The van der Waals surface area contributed by atoms with Crippen LogP contribution in [0.4, 0.5) is 16.0 Å². The molecule has 0 aliphatic heterocycles. The highest BCUT2D eigenvalue weighted by Crippen LogP contribution is 2.22. The predicted octanol–water partition coefficient (Wildman–Crippen LogP) is 2.71. The average molecular weight is 415 g/mol. The first-order valence-electron chi connectivity index (χ1n) is 9.42. The van der Waals surface area contributed by atoms with Gasteiger partial charge in [0.15, 0.2) is 0 Å². The molecule has 0 saturated carbocycles. The van der Waals surface area contributed by atoms with Crippen molar-refractivity contribution in [3.05, 3.63) is 81.7 Å². The van der Waals surface area contributed by atoms with E-state index in [1.54, 1.807) is 6.07 Å². The minimum atomic E-state index is -0.448. The predicted molar refractivity (Wildman–Crippen MR) is 116 cm³/mol. The second-order valence-corrected chi connectivity index (χ2v) is 6.88. The van der Waals surface area contributed by atoms with Crippen molar-refractivity contribution in [1.82, 2.24) is 24.9 Å². The first-order chi connectivity index (χ1) is 14.9. The number of aryl methyl sites for hydroxylation is 1. The van der Waals surface area contributed by atoms with Crippen LogP contribution in [0.3, 0.4) is 0 Å². The van der Waals surface area contributed by atoms with Crippen molar-refractivity contribution in [1.29, 1.82) is 0 Å². The summed E-state index contributed by atoms with van der Waals surface area (Å²) in [4.78, 5) is 32.0. The monoisotopic (exact) mass is 415 g/mol. The maximum Gasteiger partial charge on any atom is 0.258 e. The van der Waals surface area contributed by atoms with Gasteiger partial charge in [-0.15, -0.1) is 0 Å². The van der Waals surface area contributed by atoms with Crippen molar-refractivity contribution in [2.45, 2.75) is 19.9 Å². The molecule has 3 heterocycles. The lowest BCUT2D eigenvalue weighted by Crippen LogP contribution is -2.19. The van der Waals surface area contributed by atoms with Gasteiger partial charge in [0.2, 0.25) is 0 Å². The van der Waals surface area contributed by atoms with Crippen LogP contribution >= 0.6 is 0 Å². The maximum absolute atomic E-state index is 13.0. The van der Waals surface area contributed by atoms with E-state index < -0.39 is 11.9 Å². The molecule has 0 bridgehead atoms. The number of halogens is 1. The second kappa shape index (κ2) is 8.20. The van der Waals surface area contributed by atoms with Crippen molar-refractivity contribution in [2.24, 2.45) is 0 Å². The number of para-hydroxylation sites is 1. The first kappa shape index (κ1) is 20.0. The summed E-state index contributed by atoms with van der Waals surface area (Å²) < 4.78 is 13.0. The summed E-state index contributed by atoms with van der Waals surface area (Å²) in [6, 6.07) is 7.78. The third kappa shape index (κ3) is 4.18. The van der Waals surface area contributed by atoms with Crippen LogP contribution < -0.4 is 16.6 Å². The third-order valence-electron chi connectivity index (χ3n) is 4.64. The molecule has 1 atom stereocenters. The van der Waals surface area contributed by atoms with Gasteiger partial charge in [0, 0.05) is 0 Å². The number of pyridine rings is 1. The molecule has 8 nitrogen and oxygen atoms in total. The Morgan fingerprint density at radius 1 is 1.16 bits per heavy atom. The molecule has 0 fully saturated rings. The number of aromatic amines is 1. The molecule has 4 N–H and O–H groups in total. The Morgan fingerprint density at radius 3 is 2.77 bits per heavy atom. The zero-order valence-corrected chi connectivity index (χ0v) is 16.8. The number of fused-ring (bicyclic) bond motifs is 1. The van der Waals surface area contributed by atoms with Crippen LogP contribution in [0.15, 0.2) is 47.7 Å². The molecule has 154 valence electrons. The normalized spacial score (nSPS) is 11.6. The molecule has 0 spiro atoms. The first-order valence-corrected chi connectivity index (χ1v) is 9.42. The highest BCUT2D eigenvalue weighted by molar-refractivity contribution is 5.80. The van der Waals surface area contributed by atoms with E-state index in [1.165, 1.54) is 18.5 Å². The number of benzene rings is 1. The van der Waals surface area contributed by atoms with Gasteiger partial charge in [-0.3, -0.25) is 4.79 Å². The van der Waals surface area contributed by atoms with Crippen molar-refractivity contribution >= 4 is 22.5 Å². The molecule has 0 amide bonds. The molecule has 0 saturated heterocycles. The Bertz CT molecular complexity index is 1390. The van der Waals surface area contributed by atoms with Gasteiger partial charge < -0.3 is 16.0 Å². The summed E-state index contributed by atoms with van der Waals surface area (Å²) in [7, 11) is 0. The van der Waals surface area contributed by atoms with Crippen molar-refractivity contribution in [2.75, 3.05) is 11.1 Å². The van der Waals surface area contributed by atoms with E-state index in [-0.39, 0.29) is 11.4 Å². The molecule has 3 aromatic heterocycles. The molecule has 4 rings (SSSR count). The van der Waals surface area contributed by atoms with Gasteiger partial charge >= 0.3 is 0 Å². The van der Waals surface area contributed by atoms with Gasteiger partial charge in [0.05, 0.1) is 23.1 Å². The third-order valence-corrected chi connectivity index (χ3v) is 4.64. The number of anilines is 2. The number of rotatable bonds is 3. The summed E-state index contributed by atoms with van der Waals surface area (Å²) in [6.45, 7) is 3.73. The van der Waals surface area contributed by atoms with E-state index in [0.29, 0.717) is 33.8 Å². The Balaban J connectivity index is 1.68. The van der Waals surface area contributed by atoms with Crippen LogP contribution in [0, 0.1) is 24.6 Å². The number of hydrogen-bond donors (Lipinski definition) is 3. The van der Waals surface area contributed by atoms with E-state index in [0.717, 1.165) is 11.8 Å². The Morgan fingerprint density at radius 2 is 2.00 bits per heavy atom. The van der Waals surface area contributed by atoms with E-state index in [2.05, 4.69) is 42.1 Å². The van der Waals surface area contributed by atoms with Crippen LogP contribution in [0.1, 0.15) is 35.6 Å². The minimum absolute atomic E-state index is 0.176. The number of nitrogens with zero attached hydrogens (tertiary/aromatic N) is 4. The van der Waals surface area contributed by atoms with Gasteiger partial charge in [0.25, 0.3) is 5.56 Å². The lowest BCUT2D eigenvalue weighted by Gasteiger charge is -2.16. The molecule has 0 radical (unpaired) electrons. The molecule has 0 aliphatic carbocycles. The summed E-state index contributed by atoms with van der Waals surface area (Å²) in [6.07, 6.45) is 2.40. The van der Waals surface area contributed by atoms with Gasteiger partial charge in [-0.1, -0.05) is 18.1 Å². The minimum Gasteiger partial charge on any atom is -0.382 e. The molecule has 1 aromatic carbocycles. The molecular formula is C22H18FN7O. The Hall–Kier alpha value is -4.32. The highest BCUT2D eigenvalue weighted by atomic mass is 19.1. The number of H-pyrrole nitrogens is 1. The zero-order chi connectivity index (χ0) is 22.0. The number of nitrogen functional groups attached to an aromatic ring is 1. The molecule has 0 aliphatic rings. The van der Waals surface area contributed by atoms with Crippen LogP contribution in [-0.2, 0) is 0 Å². The number of nitrogens with one attached hydrogen (secondary N) is 2. The standard InChI is InChI=1S/C22H18FN7O/c1-12-4-3-5-16-18(12)29-20(30-22(16)31)13(2)28-21-17(19(24)26-11-27-21)9-8-15-7-6-14(23)10-25-15/h3-7,10-11,13H,1-2H3,(H,29,30,31)(H3,24,26,27,28). The zero-order valence-electron chi connectivity index (χ0n) is 16.8. The molecule has 4 aromatic rings. The number of aromatic nitrogens is 5. The summed E-state index contributed by atoms with van der Waals surface area (Å²) in [5.41, 5.74) is 8.05. The molecule has 31 heavy (non-hydrogen) atoms. The van der Waals surface area contributed by atoms with Crippen LogP contribution in [0.5, 0.6) is 0 Å². The molecular weight excluding hydrogens is 397 g/mol. The van der Waals surface area contributed by atoms with Crippen LogP contribution in [0.25, 0.3) is 10.9 Å². The van der Waals surface area contributed by atoms with Gasteiger partial charge in [-0.2, -0.15) is 0 Å². The van der Waals surface area contributed by atoms with Crippen molar-refractivity contribution < 1.29 is 4.39 Å². The van der Waals surface area contributed by atoms with Crippen LogP contribution in [0.2, 0.25) is 0 Å². The number of nitrogens with two attached hydrogens (primary N) is 1. The largest absolute Gasteiger partial charge is 0.382 e. The van der Waals surface area contributed by atoms with Gasteiger partial charge in [0.1, 0.15) is 40.9 Å². The molecule has 1 unspecified atom stereocenters. The van der Waals surface area contributed by atoms with Crippen molar-refractivity contribution in [3.63, 3.8) is 0 Å². The Kier molecular flexibility index (Phi) is 5.28. The fraction of sp³-hybridized carbons (Fsp3) is 0.136. The van der Waals surface area contributed by atoms with E-state index in [4.69, 9.17) is 5.73 Å². The molecule has 9 heteroatoms. The van der Waals surface area contributed by atoms with E-state index in [9.17, 15) is 9.18 Å². The summed E-state index contributed by atoms with van der Waals surface area (Å²) in [5, 5.41) is 3.71. The fourth-order valence-corrected chi connectivity index (χ4v) is 3.01.